The molecular weight excluding hydrogens is 376 g/mol. The SMILES string of the molecule is CCOc1ccc(CN(CCCn2ccnc2)C(=O)NC2CCCCCCC2)cc1. The average molecular weight is 413 g/mol. The minimum Gasteiger partial charge on any atom is -0.494 e. The van der Waals surface area contributed by atoms with E-state index in [0.29, 0.717) is 25.7 Å². The lowest BCUT2D eigenvalue weighted by Gasteiger charge is -2.28. The molecule has 0 unspecified atom stereocenters. The number of aromatic nitrogens is 2. The minimum absolute atomic E-state index is 0.0556. The topological polar surface area (TPSA) is 59.4 Å². The van der Waals surface area contributed by atoms with E-state index in [-0.39, 0.29) is 6.03 Å². The summed E-state index contributed by atoms with van der Waals surface area (Å²) in [6.07, 6.45) is 15.0. The van der Waals surface area contributed by atoms with Crippen molar-refractivity contribution < 1.29 is 9.53 Å². The van der Waals surface area contributed by atoms with E-state index in [9.17, 15) is 4.79 Å². The number of amides is 2. The van der Waals surface area contributed by atoms with E-state index in [4.69, 9.17) is 4.74 Å². The molecular formula is C24H36N4O2. The molecule has 1 fully saturated rings. The maximum absolute atomic E-state index is 13.1. The largest absolute Gasteiger partial charge is 0.494 e. The van der Waals surface area contributed by atoms with Crippen molar-refractivity contribution in [1.82, 2.24) is 19.8 Å². The van der Waals surface area contributed by atoms with Crippen LogP contribution in [0.15, 0.2) is 43.0 Å². The van der Waals surface area contributed by atoms with Gasteiger partial charge in [-0.15, -0.1) is 0 Å². The summed E-state index contributed by atoms with van der Waals surface area (Å²) in [7, 11) is 0. The van der Waals surface area contributed by atoms with Crippen molar-refractivity contribution in [1.29, 1.82) is 0 Å². The van der Waals surface area contributed by atoms with Crippen molar-refractivity contribution >= 4 is 6.03 Å². The lowest BCUT2D eigenvalue weighted by Crippen LogP contribution is -2.45. The number of carbonyl (C=O) groups is 1. The number of nitrogens with zero attached hydrogens (tertiary/aromatic N) is 3. The number of carbonyl (C=O) groups excluding carboxylic acids is 1. The molecule has 0 atom stereocenters. The zero-order valence-electron chi connectivity index (χ0n) is 18.3. The van der Waals surface area contributed by atoms with Gasteiger partial charge in [0.1, 0.15) is 5.75 Å². The van der Waals surface area contributed by atoms with Crippen molar-refractivity contribution in [2.75, 3.05) is 13.2 Å². The summed E-state index contributed by atoms with van der Waals surface area (Å²) in [6, 6.07) is 8.42. The molecule has 0 saturated heterocycles. The van der Waals surface area contributed by atoms with Crippen molar-refractivity contribution in [3.63, 3.8) is 0 Å². The van der Waals surface area contributed by atoms with Gasteiger partial charge in [-0.25, -0.2) is 9.78 Å². The first-order valence-corrected chi connectivity index (χ1v) is 11.5. The van der Waals surface area contributed by atoms with Gasteiger partial charge in [-0.2, -0.15) is 0 Å². The van der Waals surface area contributed by atoms with Crippen LogP contribution in [0.4, 0.5) is 4.79 Å². The number of urea groups is 1. The molecule has 30 heavy (non-hydrogen) atoms. The molecule has 3 rings (SSSR count). The van der Waals surface area contributed by atoms with Gasteiger partial charge in [-0.05, 0) is 43.9 Å². The highest BCUT2D eigenvalue weighted by Gasteiger charge is 2.19. The number of ether oxygens (including phenoxy) is 1. The molecule has 2 amide bonds. The van der Waals surface area contributed by atoms with Crippen LogP contribution in [0.3, 0.4) is 0 Å². The Labute approximate surface area is 180 Å². The van der Waals surface area contributed by atoms with Gasteiger partial charge >= 0.3 is 6.03 Å². The van der Waals surface area contributed by atoms with E-state index in [1.165, 1.54) is 32.1 Å². The third-order valence-corrected chi connectivity index (χ3v) is 5.73. The van der Waals surface area contributed by atoms with E-state index >= 15 is 0 Å². The van der Waals surface area contributed by atoms with Crippen LogP contribution in [0.1, 0.15) is 63.9 Å². The molecule has 1 aromatic heterocycles. The number of hydrogen-bond donors (Lipinski definition) is 1. The summed E-state index contributed by atoms with van der Waals surface area (Å²) in [5.74, 6) is 0.867. The average Bonchev–Trinajstić information content (AvgIpc) is 3.24. The molecule has 0 bridgehead atoms. The first kappa shape index (κ1) is 22.2. The number of imidazole rings is 1. The number of benzene rings is 1. The van der Waals surface area contributed by atoms with Crippen LogP contribution in [-0.4, -0.2) is 39.7 Å². The smallest absolute Gasteiger partial charge is 0.317 e. The van der Waals surface area contributed by atoms with Crippen LogP contribution in [0.5, 0.6) is 5.75 Å². The number of hydrogen-bond acceptors (Lipinski definition) is 3. The molecule has 0 spiro atoms. The Kier molecular flexibility index (Phi) is 9.06. The van der Waals surface area contributed by atoms with E-state index in [1.54, 1.807) is 6.20 Å². The summed E-state index contributed by atoms with van der Waals surface area (Å²) >= 11 is 0. The van der Waals surface area contributed by atoms with Gasteiger partial charge in [-0.1, -0.05) is 44.2 Å². The van der Waals surface area contributed by atoms with E-state index in [1.807, 2.05) is 36.5 Å². The maximum atomic E-state index is 13.1. The Morgan fingerprint density at radius 2 is 1.90 bits per heavy atom. The van der Waals surface area contributed by atoms with Crippen molar-refractivity contribution in [2.45, 2.75) is 77.4 Å². The second-order valence-corrected chi connectivity index (χ2v) is 8.14. The maximum Gasteiger partial charge on any atom is 0.317 e. The van der Waals surface area contributed by atoms with Gasteiger partial charge in [0, 0.05) is 38.1 Å². The molecule has 1 heterocycles. The van der Waals surface area contributed by atoms with Crippen LogP contribution in [0.2, 0.25) is 0 Å². The number of nitrogens with one attached hydrogen (secondary N) is 1. The van der Waals surface area contributed by atoms with Gasteiger partial charge in [0.2, 0.25) is 0 Å². The Bertz CT molecular complexity index is 722. The first-order chi connectivity index (χ1) is 14.7. The summed E-state index contributed by atoms with van der Waals surface area (Å²) in [4.78, 5) is 19.2. The summed E-state index contributed by atoms with van der Waals surface area (Å²) in [5, 5.41) is 3.33. The lowest BCUT2D eigenvalue weighted by molar-refractivity contribution is 0.186. The Morgan fingerprint density at radius 1 is 1.17 bits per heavy atom. The number of rotatable bonds is 9. The molecule has 1 aliphatic carbocycles. The quantitative estimate of drug-likeness (QED) is 0.631. The first-order valence-electron chi connectivity index (χ1n) is 11.5. The predicted octanol–water partition coefficient (Wildman–Crippen LogP) is 5.00. The Balaban J connectivity index is 1.60. The molecule has 1 saturated carbocycles. The highest BCUT2D eigenvalue weighted by Crippen LogP contribution is 2.18. The van der Waals surface area contributed by atoms with E-state index in [2.05, 4.69) is 27.0 Å². The Morgan fingerprint density at radius 3 is 2.57 bits per heavy atom. The molecule has 0 aliphatic heterocycles. The van der Waals surface area contributed by atoms with Gasteiger partial charge in [-0.3, -0.25) is 0 Å². The predicted molar refractivity (Wildman–Crippen MR) is 120 cm³/mol. The molecule has 164 valence electrons. The fourth-order valence-corrected chi connectivity index (χ4v) is 4.06. The molecule has 2 aromatic rings. The molecule has 1 aliphatic rings. The minimum atomic E-state index is 0.0556. The third kappa shape index (κ3) is 7.39. The van der Waals surface area contributed by atoms with Crippen molar-refractivity contribution in [3.05, 3.63) is 48.5 Å². The highest BCUT2D eigenvalue weighted by molar-refractivity contribution is 5.74. The highest BCUT2D eigenvalue weighted by atomic mass is 16.5. The van der Waals surface area contributed by atoms with Gasteiger partial charge < -0.3 is 19.5 Å². The molecule has 6 nitrogen and oxygen atoms in total. The lowest BCUT2D eigenvalue weighted by atomic mass is 9.97. The van der Waals surface area contributed by atoms with Crippen LogP contribution < -0.4 is 10.1 Å². The summed E-state index contributed by atoms with van der Waals surface area (Å²) in [5.41, 5.74) is 1.12. The molecule has 1 aromatic carbocycles. The van der Waals surface area contributed by atoms with Gasteiger partial charge in [0.15, 0.2) is 0 Å². The standard InChI is InChI=1S/C24H36N4O2/c1-2-30-23-13-11-21(12-14-23)19-28(17-8-16-27-18-15-25-20-27)24(29)26-22-9-6-4-3-5-7-10-22/h11-15,18,20,22H,2-10,16-17,19H2,1H3,(H,26,29). The fourth-order valence-electron chi connectivity index (χ4n) is 4.06. The number of aryl methyl sites for hydroxylation is 1. The van der Waals surface area contributed by atoms with Crippen LogP contribution in [0.25, 0.3) is 0 Å². The second-order valence-electron chi connectivity index (χ2n) is 8.14. The molecule has 1 N–H and O–H groups in total. The normalized spacial score (nSPS) is 15.2. The van der Waals surface area contributed by atoms with Crippen LogP contribution in [0, 0.1) is 0 Å². The van der Waals surface area contributed by atoms with Crippen LogP contribution >= 0.6 is 0 Å². The van der Waals surface area contributed by atoms with Crippen molar-refractivity contribution in [3.8, 4) is 5.75 Å². The molecule has 0 radical (unpaired) electrons. The second kappa shape index (κ2) is 12.3. The zero-order chi connectivity index (χ0) is 21.0. The van der Waals surface area contributed by atoms with Gasteiger partial charge in [0.05, 0.1) is 12.9 Å². The third-order valence-electron chi connectivity index (χ3n) is 5.73. The summed E-state index contributed by atoms with van der Waals surface area (Å²) in [6.45, 7) is 4.81. The zero-order valence-corrected chi connectivity index (χ0v) is 18.3. The summed E-state index contributed by atoms with van der Waals surface area (Å²) < 4.78 is 7.60. The monoisotopic (exact) mass is 412 g/mol. The van der Waals surface area contributed by atoms with E-state index in [0.717, 1.165) is 37.1 Å². The Hall–Kier alpha value is -2.50. The van der Waals surface area contributed by atoms with Gasteiger partial charge in [0.25, 0.3) is 0 Å². The molecule has 6 heteroatoms. The van der Waals surface area contributed by atoms with E-state index < -0.39 is 0 Å². The fraction of sp³-hybridized carbons (Fsp3) is 0.583. The van der Waals surface area contributed by atoms with Crippen molar-refractivity contribution in [2.24, 2.45) is 0 Å². The van der Waals surface area contributed by atoms with Crippen LogP contribution in [-0.2, 0) is 13.1 Å².